The highest BCUT2D eigenvalue weighted by molar-refractivity contribution is 5.68. The van der Waals surface area contributed by atoms with Crippen molar-refractivity contribution in [2.45, 2.75) is 20.4 Å². The van der Waals surface area contributed by atoms with Crippen LogP contribution in [0, 0.1) is 13.8 Å². The highest BCUT2D eigenvalue weighted by Crippen LogP contribution is 2.32. The summed E-state index contributed by atoms with van der Waals surface area (Å²) in [6, 6.07) is 3.90. The second-order valence-corrected chi connectivity index (χ2v) is 3.95. The summed E-state index contributed by atoms with van der Waals surface area (Å²) in [6.45, 7) is 4.48. The molecule has 90 valence electrons. The molecule has 0 radical (unpaired) electrons. The van der Waals surface area contributed by atoms with Gasteiger partial charge in [-0.3, -0.25) is 0 Å². The topological polar surface area (TPSA) is 61.3 Å². The number of benzene rings is 1. The standard InChI is InChI=1S/C13H16N2O2/c1-8-9(2)12(16-3)5-4-11(8)13-10(6-14)7-15-17-13/h4-5,7H,6,14H2,1-3H3. The van der Waals surface area contributed by atoms with E-state index in [0.29, 0.717) is 6.54 Å². The zero-order chi connectivity index (χ0) is 12.4. The van der Waals surface area contributed by atoms with E-state index in [1.54, 1.807) is 13.3 Å². The van der Waals surface area contributed by atoms with Crippen molar-refractivity contribution < 1.29 is 9.26 Å². The molecule has 0 unspecified atom stereocenters. The van der Waals surface area contributed by atoms with Crippen LogP contribution >= 0.6 is 0 Å². The number of methoxy groups -OCH3 is 1. The van der Waals surface area contributed by atoms with Gasteiger partial charge in [0.15, 0.2) is 5.76 Å². The second kappa shape index (κ2) is 4.59. The van der Waals surface area contributed by atoms with Crippen molar-refractivity contribution >= 4 is 0 Å². The van der Waals surface area contributed by atoms with Gasteiger partial charge in [-0.1, -0.05) is 5.16 Å². The highest BCUT2D eigenvalue weighted by Gasteiger charge is 2.14. The van der Waals surface area contributed by atoms with Crippen LogP contribution < -0.4 is 10.5 Å². The molecule has 1 aromatic carbocycles. The van der Waals surface area contributed by atoms with Gasteiger partial charge in [0, 0.05) is 17.7 Å². The van der Waals surface area contributed by atoms with Crippen LogP contribution in [0.3, 0.4) is 0 Å². The van der Waals surface area contributed by atoms with Gasteiger partial charge in [-0.2, -0.15) is 0 Å². The van der Waals surface area contributed by atoms with Crippen LogP contribution in [0.25, 0.3) is 11.3 Å². The molecule has 1 heterocycles. The molecule has 2 aromatic rings. The van der Waals surface area contributed by atoms with Gasteiger partial charge in [0.2, 0.25) is 0 Å². The molecule has 0 amide bonds. The first-order valence-corrected chi connectivity index (χ1v) is 5.47. The summed E-state index contributed by atoms with van der Waals surface area (Å²) in [5, 5.41) is 3.80. The molecule has 0 fully saturated rings. The van der Waals surface area contributed by atoms with Crippen LogP contribution in [0.2, 0.25) is 0 Å². The van der Waals surface area contributed by atoms with E-state index in [-0.39, 0.29) is 0 Å². The molecule has 0 atom stereocenters. The smallest absolute Gasteiger partial charge is 0.171 e. The van der Waals surface area contributed by atoms with E-state index >= 15 is 0 Å². The average molecular weight is 232 g/mol. The maximum atomic E-state index is 5.65. The number of hydrogen-bond donors (Lipinski definition) is 1. The van der Waals surface area contributed by atoms with E-state index in [4.69, 9.17) is 15.0 Å². The molecule has 0 spiro atoms. The third-order valence-corrected chi connectivity index (χ3v) is 3.07. The van der Waals surface area contributed by atoms with E-state index in [1.165, 1.54) is 0 Å². The number of hydrogen-bond acceptors (Lipinski definition) is 4. The second-order valence-electron chi connectivity index (χ2n) is 3.95. The summed E-state index contributed by atoms with van der Waals surface area (Å²) in [6.07, 6.45) is 1.66. The first-order chi connectivity index (χ1) is 8.19. The maximum absolute atomic E-state index is 5.65. The van der Waals surface area contributed by atoms with E-state index in [2.05, 4.69) is 5.16 Å². The SMILES string of the molecule is COc1ccc(-c2oncc2CN)c(C)c1C. The number of rotatable bonds is 3. The molecule has 4 heteroatoms. The van der Waals surface area contributed by atoms with Gasteiger partial charge in [-0.25, -0.2) is 0 Å². The molecule has 0 saturated heterocycles. The van der Waals surface area contributed by atoms with Crippen molar-refractivity contribution in [3.63, 3.8) is 0 Å². The van der Waals surface area contributed by atoms with E-state index in [9.17, 15) is 0 Å². The lowest BCUT2D eigenvalue weighted by atomic mass is 9.99. The average Bonchev–Trinajstić information content (AvgIpc) is 2.80. The minimum absolute atomic E-state index is 0.420. The zero-order valence-electron chi connectivity index (χ0n) is 10.3. The van der Waals surface area contributed by atoms with Gasteiger partial charge in [0.05, 0.1) is 13.3 Å². The monoisotopic (exact) mass is 232 g/mol. The summed E-state index contributed by atoms with van der Waals surface area (Å²) in [5.41, 5.74) is 9.80. The van der Waals surface area contributed by atoms with E-state index < -0.39 is 0 Å². The minimum Gasteiger partial charge on any atom is -0.496 e. The Balaban J connectivity index is 2.57. The van der Waals surface area contributed by atoms with Crippen molar-refractivity contribution in [2.24, 2.45) is 5.73 Å². The predicted molar refractivity (Wildman–Crippen MR) is 65.9 cm³/mol. The molecule has 2 N–H and O–H groups in total. The Morgan fingerprint density at radius 1 is 1.29 bits per heavy atom. The van der Waals surface area contributed by atoms with Crippen LogP contribution in [-0.4, -0.2) is 12.3 Å². The Labute approximate surface area is 100 Å². The Morgan fingerprint density at radius 3 is 2.71 bits per heavy atom. The molecule has 0 aliphatic carbocycles. The Bertz CT molecular complexity index is 532. The molecule has 4 nitrogen and oxygen atoms in total. The summed E-state index contributed by atoms with van der Waals surface area (Å²) in [7, 11) is 1.67. The highest BCUT2D eigenvalue weighted by atomic mass is 16.5. The lowest BCUT2D eigenvalue weighted by Gasteiger charge is -2.11. The van der Waals surface area contributed by atoms with Crippen molar-refractivity contribution in [2.75, 3.05) is 7.11 Å². The molecular formula is C13H16N2O2. The van der Waals surface area contributed by atoms with Crippen LogP contribution in [0.4, 0.5) is 0 Å². The molecule has 0 aliphatic heterocycles. The van der Waals surface area contributed by atoms with Gasteiger partial charge in [0.1, 0.15) is 5.75 Å². The van der Waals surface area contributed by atoms with Crippen molar-refractivity contribution in [3.05, 3.63) is 35.0 Å². The number of nitrogens with two attached hydrogens (primary N) is 1. The van der Waals surface area contributed by atoms with Crippen molar-refractivity contribution in [3.8, 4) is 17.1 Å². The fourth-order valence-electron chi connectivity index (χ4n) is 1.89. The third kappa shape index (κ3) is 1.91. The fraction of sp³-hybridized carbons (Fsp3) is 0.308. The number of aromatic nitrogens is 1. The quantitative estimate of drug-likeness (QED) is 0.882. The summed E-state index contributed by atoms with van der Waals surface area (Å²) in [4.78, 5) is 0. The van der Waals surface area contributed by atoms with Crippen LogP contribution in [0.1, 0.15) is 16.7 Å². The first kappa shape index (κ1) is 11.7. The summed E-state index contributed by atoms with van der Waals surface area (Å²) < 4.78 is 10.6. The minimum atomic E-state index is 0.420. The predicted octanol–water partition coefficient (Wildman–Crippen LogP) is 2.43. The normalized spacial score (nSPS) is 10.6. The van der Waals surface area contributed by atoms with E-state index in [0.717, 1.165) is 33.8 Å². The largest absolute Gasteiger partial charge is 0.496 e. The number of ether oxygens (including phenoxy) is 1. The first-order valence-electron chi connectivity index (χ1n) is 5.47. The van der Waals surface area contributed by atoms with Gasteiger partial charge < -0.3 is 15.0 Å². The molecule has 0 bridgehead atoms. The van der Waals surface area contributed by atoms with Gasteiger partial charge >= 0.3 is 0 Å². The molecule has 17 heavy (non-hydrogen) atoms. The van der Waals surface area contributed by atoms with E-state index in [1.807, 2.05) is 26.0 Å². The lowest BCUT2D eigenvalue weighted by Crippen LogP contribution is -1.98. The molecule has 0 aliphatic rings. The van der Waals surface area contributed by atoms with Gasteiger partial charge in [0.25, 0.3) is 0 Å². The van der Waals surface area contributed by atoms with Crippen LogP contribution in [-0.2, 0) is 6.54 Å². The van der Waals surface area contributed by atoms with Crippen molar-refractivity contribution in [1.29, 1.82) is 0 Å². The Morgan fingerprint density at radius 2 is 2.06 bits per heavy atom. The van der Waals surface area contributed by atoms with Crippen molar-refractivity contribution in [1.82, 2.24) is 5.16 Å². The van der Waals surface area contributed by atoms with Crippen LogP contribution in [0.15, 0.2) is 22.9 Å². The Kier molecular flexibility index (Phi) is 3.15. The molecule has 0 saturated carbocycles. The molecule has 2 rings (SSSR count). The molecule has 1 aromatic heterocycles. The Hall–Kier alpha value is -1.81. The lowest BCUT2D eigenvalue weighted by molar-refractivity contribution is 0.411. The summed E-state index contributed by atoms with van der Waals surface area (Å²) in [5.74, 6) is 1.62. The number of nitrogens with zero attached hydrogens (tertiary/aromatic N) is 1. The summed E-state index contributed by atoms with van der Waals surface area (Å²) >= 11 is 0. The van der Waals surface area contributed by atoms with Crippen LogP contribution in [0.5, 0.6) is 5.75 Å². The van der Waals surface area contributed by atoms with Gasteiger partial charge in [-0.15, -0.1) is 0 Å². The third-order valence-electron chi connectivity index (χ3n) is 3.07. The maximum Gasteiger partial charge on any atom is 0.171 e. The van der Waals surface area contributed by atoms with Gasteiger partial charge in [-0.05, 0) is 37.1 Å². The fourth-order valence-corrected chi connectivity index (χ4v) is 1.89. The zero-order valence-corrected chi connectivity index (χ0v) is 10.3. The molecular weight excluding hydrogens is 216 g/mol.